The fourth-order valence-corrected chi connectivity index (χ4v) is 4.00. The summed E-state index contributed by atoms with van der Waals surface area (Å²) in [5.41, 5.74) is 3.43. The molecule has 0 aliphatic carbocycles. The second-order valence-electron chi connectivity index (χ2n) is 6.41. The Morgan fingerprint density at radius 1 is 0.962 bits per heavy atom. The van der Waals surface area contributed by atoms with Crippen molar-refractivity contribution in [3.05, 3.63) is 59.2 Å². The van der Waals surface area contributed by atoms with E-state index in [0.717, 1.165) is 29.7 Å². The number of hydrogen-bond acceptors (Lipinski definition) is 3. The van der Waals surface area contributed by atoms with Crippen molar-refractivity contribution < 1.29 is 13.2 Å². The second-order valence-corrected chi connectivity index (χ2v) is 8.13. The Bertz CT molecular complexity index is 850. The van der Waals surface area contributed by atoms with Crippen LogP contribution in [0.5, 0.6) is 0 Å². The monoisotopic (exact) mass is 374 g/mol. The van der Waals surface area contributed by atoms with Crippen LogP contribution in [-0.4, -0.2) is 20.4 Å². The van der Waals surface area contributed by atoms with Crippen LogP contribution >= 0.6 is 0 Å². The van der Waals surface area contributed by atoms with Crippen LogP contribution < -0.4 is 10.0 Å². The van der Waals surface area contributed by atoms with Crippen molar-refractivity contribution in [2.45, 2.75) is 51.5 Å². The highest BCUT2D eigenvalue weighted by atomic mass is 32.2. The molecule has 2 aromatic rings. The number of sulfonamides is 1. The molecule has 0 unspecified atom stereocenters. The maximum atomic E-state index is 12.6. The molecular formula is C20H26N2O3S. The summed E-state index contributed by atoms with van der Waals surface area (Å²) in [4.78, 5) is 12.8. The number of benzene rings is 2. The number of anilines is 1. The number of para-hydroxylation sites is 1. The third kappa shape index (κ3) is 4.71. The molecule has 0 bridgehead atoms. The minimum Gasteiger partial charge on any atom is -0.321 e. The fraction of sp³-hybridized carbons (Fsp3) is 0.350. The average Bonchev–Trinajstić information content (AvgIpc) is 2.60. The Morgan fingerprint density at radius 3 is 1.96 bits per heavy atom. The fourth-order valence-electron chi connectivity index (χ4n) is 2.75. The van der Waals surface area contributed by atoms with E-state index >= 15 is 0 Å². The van der Waals surface area contributed by atoms with Gasteiger partial charge in [0.2, 0.25) is 10.0 Å². The highest BCUT2D eigenvalue weighted by molar-refractivity contribution is 7.89. The molecule has 2 N–H and O–H groups in total. The first-order valence-electron chi connectivity index (χ1n) is 8.83. The number of carbonyl (C=O) groups is 1. The molecule has 0 atom stereocenters. The molecule has 0 fully saturated rings. The van der Waals surface area contributed by atoms with Gasteiger partial charge in [-0.3, -0.25) is 4.79 Å². The van der Waals surface area contributed by atoms with E-state index < -0.39 is 10.0 Å². The summed E-state index contributed by atoms with van der Waals surface area (Å²) in [6.45, 7) is 7.61. The average molecular weight is 375 g/mol. The third-order valence-electron chi connectivity index (χ3n) is 4.06. The summed E-state index contributed by atoms with van der Waals surface area (Å²) in [5, 5.41) is 2.98. The number of nitrogens with one attached hydrogen (secondary N) is 2. The lowest BCUT2D eigenvalue weighted by atomic mass is 10.0. The summed E-state index contributed by atoms with van der Waals surface area (Å²) in [6, 6.07) is 11.8. The molecule has 5 nitrogen and oxygen atoms in total. The number of carbonyl (C=O) groups excluding carboxylic acids is 1. The highest BCUT2D eigenvalue weighted by Gasteiger charge is 2.17. The molecule has 0 spiro atoms. The molecule has 1 amide bonds. The third-order valence-corrected chi connectivity index (χ3v) is 5.73. The predicted octanol–water partition coefficient (Wildman–Crippen LogP) is 3.75. The highest BCUT2D eigenvalue weighted by Crippen LogP contribution is 2.23. The van der Waals surface area contributed by atoms with Crippen molar-refractivity contribution in [2.75, 3.05) is 5.32 Å². The molecule has 0 radical (unpaired) electrons. The summed E-state index contributed by atoms with van der Waals surface area (Å²) in [5.74, 6) is -0.249. The predicted molar refractivity (Wildman–Crippen MR) is 105 cm³/mol. The largest absolute Gasteiger partial charge is 0.321 e. The molecular weight excluding hydrogens is 348 g/mol. The Kier molecular flexibility index (Phi) is 6.56. The van der Waals surface area contributed by atoms with E-state index in [4.69, 9.17) is 0 Å². The smallest absolute Gasteiger partial charge is 0.255 e. The minimum absolute atomic E-state index is 0.144. The van der Waals surface area contributed by atoms with E-state index in [9.17, 15) is 13.2 Å². The van der Waals surface area contributed by atoms with Gasteiger partial charge in [-0.15, -0.1) is 0 Å². The van der Waals surface area contributed by atoms with Crippen LogP contribution in [0.1, 0.15) is 49.2 Å². The Balaban J connectivity index is 2.24. The number of rotatable bonds is 7. The summed E-state index contributed by atoms with van der Waals surface area (Å²) < 4.78 is 26.9. The quantitative estimate of drug-likeness (QED) is 0.775. The van der Waals surface area contributed by atoms with E-state index in [1.807, 2.05) is 32.0 Å². The van der Waals surface area contributed by atoms with Crippen molar-refractivity contribution in [3.8, 4) is 0 Å². The lowest BCUT2D eigenvalue weighted by Crippen LogP contribution is -2.30. The van der Waals surface area contributed by atoms with Crippen LogP contribution in [0.25, 0.3) is 0 Å². The molecule has 2 rings (SSSR count). The van der Waals surface area contributed by atoms with Crippen molar-refractivity contribution >= 4 is 21.6 Å². The van der Waals surface area contributed by atoms with Crippen LogP contribution in [0, 0.1) is 0 Å². The second kappa shape index (κ2) is 8.47. The van der Waals surface area contributed by atoms with Gasteiger partial charge in [-0.05, 0) is 62.1 Å². The van der Waals surface area contributed by atoms with Crippen LogP contribution in [0.2, 0.25) is 0 Å². The van der Waals surface area contributed by atoms with Gasteiger partial charge in [-0.25, -0.2) is 13.1 Å². The van der Waals surface area contributed by atoms with Gasteiger partial charge in [0.05, 0.1) is 4.90 Å². The summed E-state index contributed by atoms with van der Waals surface area (Å²) in [6.07, 6.45) is 1.64. The maximum absolute atomic E-state index is 12.6. The standard InChI is InChI=1S/C20H26N2O3S/c1-5-15-8-7-9-16(6-2)19(15)21-20(23)17-10-12-18(13-11-17)26(24,25)22-14(3)4/h7-14,22H,5-6H2,1-4H3,(H,21,23). The van der Waals surface area contributed by atoms with Crippen LogP contribution in [-0.2, 0) is 22.9 Å². The van der Waals surface area contributed by atoms with Crippen molar-refractivity contribution in [2.24, 2.45) is 0 Å². The van der Waals surface area contributed by atoms with Crippen LogP contribution in [0.3, 0.4) is 0 Å². The molecule has 0 aliphatic heterocycles. The molecule has 0 heterocycles. The van der Waals surface area contributed by atoms with Crippen molar-refractivity contribution in [1.29, 1.82) is 0 Å². The normalized spacial score (nSPS) is 11.6. The van der Waals surface area contributed by atoms with E-state index in [-0.39, 0.29) is 16.8 Å². The molecule has 140 valence electrons. The summed E-state index contributed by atoms with van der Waals surface area (Å²) in [7, 11) is -3.56. The molecule has 0 saturated heterocycles. The van der Waals surface area contributed by atoms with Gasteiger partial charge >= 0.3 is 0 Å². The lowest BCUT2D eigenvalue weighted by molar-refractivity contribution is 0.102. The zero-order valence-electron chi connectivity index (χ0n) is 15.7. The van der Waals surface area contributed by atoms with Gasteiger partial charge in [0.15, 0.2) is 0 Å². The number of hydrogen-bond donors (Lipinski definition) is 2. The first kappa shape index (κ1) is 20.1. The summed E-state index contributed by atoms with van der Waals surface area (Å²) >= 11 is 0. The van der Waals surface area contributed by atoms with Gasteiger partial charge in [0.1, 0.15) is 0 Å². The maximum Gasteiger partial charge on any atom is 0.255 e. The Morgan fingerprint density at radius 2 is 1.50 bits per heavy atom. The van der Waals surface area contributed by atoms with E-state index in [2.05, 4.69) is 10.0 Å². The topological polar surface area (TPSA) is 75.3 Å². The first-order chi connectivity index (χ1) is 12.3. The Hall–Kier alpha value is -2.18. The minimum atomic E-state index is -3.56. The SMILES string of the molecule is CCc1cccc(CC)c1NC(=O)c1ccc(S(=O)(=O)NC(C)C)cc1. The molecule has 2 aromatic carbocycles. The van der Waals surface area contributed by atoms with Gasteiger partial charge < -0.3 is 5.32 Å². The molecule has 26 heavy (non-hydrogen) atoms. The zero-order chi connectivity index (χ0) is 19.3. The van der Waals surface area contributed by atoms with Crippen molar-refractivity contribution in [1.82, 2.24) is 4.72 Å². The molecule has 0 aromatic heterocycles. The Labute approximate surface area is 155 Å². The van der Waals surface area contributed by atoms with Gasteiger partial charge in [-0.1, -0.05) is 32.0 Å². The van der Waals surface area contributed by atoms with E-state index in [0.29, 0.717) is 5.56 Å². The number of aryl methyl sites for hydroxylation is 2. The number of amides is 1. The molecule has 0 saturated carbocycles. The van der Waals surface area contributed by atoms with E-state index in [1.165, 1.54) is 24.3 Å². The van der Waals surface area contributed by atoms with Gasteiger partial charge in [0, 0.05) is 17.3 Å². The van der Waals surface area contributed by atoms with Crippen LogP contribution in [0.15, 0.2) is 47.4 Å². The first-order valence-corrected chi connectivity index (χ1v) is 10.3. The van der Waals surface area contributed by atoms with Gasteiger partial charge in [0.25, 0.3) is 5.91 Å². The van der Waals surface area contributed by atoms with E-state index in [1.54, 1.807) is 13.8 Å². The zero-order valence-corrected chi connectivity index (χ0v) is 16.5. The molecule has 0 aliphatic rings. The van der Waals surface area contributed by atoms with Crippen LogP contribution in [0.4, 0.5) is 5.69 Å². The lowest BCUT2D eigenvalue weighted by Gasteiger charge is -2.15. The molecule has 6 heteroatoms. The van der Waals surface area contributed by atoms with Gasteiger partial charge in [-0.2, -0.15) is 0 Å². The van der Waals surface area contributed by atoms with Crippen molar-refractivity contribution in [3.63, 3.8) is 0 Å².